The van der Waals surface area contributed by atoms with Crippen LogP contribution in [-0.2, 0) is 0 Å². The molecule has 0 aliphatic carbocycles. The quantitative estimate of drug-likeness (QED) is 0.884. The van der Waals surface area contributed by atoms with Crippen molar-refractivity contribution in [3.63, 3.8) is 0 Å². The number of nitrogens with two attached hydrogens (primary N) is 1. The Labute approximate surface area is 123 Å². The van der Waals surface area contributed by atoms with Gasteiger partial charge in [0, 0.05) is 39.3 Å². The highest BCUT2D eigenvalue weighted by Gasteiger charge is 2.20. The highest BCUT2D eigenvalue weighted by molar-refractivity contribution is 6.43. The zero-order chi connectivity index (χ0) is 13.8. The van der Waals surface area contributed by atoms with Crippen LogP contribution in [0, 0.1) is 0 Å². The van der Waals surface area contributed by atoms with Crippen LogP contribution in [0.2, 0.25) is 10.0 Å². The second kappa shape index (κ2) is 6.77. The largest absolute Gasteiger partial charge is 0.390 e. The van der Waals surface area contributed by atoms with Gasteiger partial charge in [-0.3, -0.25) is 4.90 Å². The molecule has 0 radical (unpaired) electrons. The topological polar surface area (TPSA) is 52.7 Å². The lowest BCUT2D eigenvalue weighted by Gasteiger charge is -2.37. The first-order valence-electron chi connectivity index (χ1n) is 6.41. The summed E-state index contributed by atoms with van der Waals surface area (Å²) in [4.78, 5) is 4.44. The SMILES string of the molecule is NCC(O)CN1CCN(c2cccc(Cl)c2Cl)CC1. The van der Waals surface area contributed by atoms with Crippen molar-refractivity contribution in [1.29, 1.82) is 0 Å². The number of piperazine rings is 1. The lowest BCUT2D eigenvalue weighted by atomic mass is 10.2. The van der Waals surface area contributed by atoms with E-state index in [0.717, 1.165) is 31.9 Å². The molecule has 4 nitrogen and oxygen atoms in total. The molecule has 6 heteroatoms. The Morgan fingerprint density at radius 2 is 1.89 bits per heavy atom. The van der Waals surface area contributed by atoms with Crippen molar-refractivity contribution in [1.82, 2.24) is 4.90 Å². The van der Waals surface area contributed by atoms with Crippen molar-refractivity contribution < 1.29 is 5.11 Å². The number of hydrogen-bond donors (Lipinski definition) is 2. The molecule has 0 aromatic heterocycles. The number of rotatable bonds is 4. The van der Waals surface area contributed by atoms with E-state index in [9.17, 15) is 5.11 Å². The van der Waals surface area contributed by atoms with Crippen LogP contribution in [0.25, 0.3) is 0 Å². The molecule has 0 bridgehead atoms. The summed E-state index contributed by atoms with van der Waals surface area (Å²) in [6.07, 6.45) is -0.443. The molecule has 0 amide bonds. The molecule has 1 aromatic carbocycles. The second-order valence-electron chi connectivity index (χ2n) is 4.75. The Hall–Kier alpha value is -0.520. The molecule has 1 unspecified atom stereocenters. The van der Waals surface area contributed by atoms with Crippen LogP contribution in [0.1, 0.15) is 0 Å². The molecular formula is C13H19Cl2N3O. The maximum absolute atomic E-state index is 9.55. The third-order valence-corrected chi connectivity index (χ3v) is 4.19. The predicted molar refractivity (Wildman–Crippen MR) is 80.2 cm³/mol. The van der Waals surface area contributed by atoms with E-state index >= 15 is 0 Å². The highest BCUT2D eigenvalue weighted by atomic mass is 35.5. The molecule has 1 fully saturated rings. The molecule has 106 valence electrons. The van der Waals surface area contributed by atoms with Gasteiger partial charge in [-0.2, -0.15) is 0 Å². The number of aliphatic hydroxyl groups excluding tert-OH is 1. The fourth-order valence-corrected chi connectivity index (χ4v) is 2.70. The van der Waals surface area contributed by atoms with Gasteiger partial charge in [0.25, 0.3) is 0 Å². The van der Waals surface area contributed by atoms with Gasteiger partial charge in [0.2, 0.25) is 0 Å². The molecule has 19 heavy (non-hydrogen) atoms. The van der Waals surface area contributed by atoms with Crippen molar-refractivity contribution in [3.05, 3.63) is 28.2 Å². The van der Waals surface area contributed by atoms with Crippen LogP contribution in [-0.4, -0.2) is 55.4 Å². The van der Waals surface area contributed by atoms with Gasteiger partial charge in [-0.15, -0.1) is 0 Å². The Balaban J connectivity index is 1.94. The molecule has 1 saturated heterocycles. The predicted octanol–water partition coefficient (Wildman–Crippen LogP) is 1.44. The first-order chi connectivity index (χ1) is 9.11. The average Bonchev–Trinajstić information content (AvgIpc) is 2.43. The van der Waals surface area contributed by atoms with Crippen LogP contribution in [0.15, 0.2) is 18.2 Å². The molecule has 1 heterocycles. The summed E-state index contributed by atoms with van der Waals surface area (Å²) in [6, 6.07) is 5.69. The molecule has 0 spiro atoms. The van der Waals surface area contributed by atoms with E-state index in [-0.39, 0.29) is 0 Å². The van der Waals surface area contributed by atoms with Gasteiger partial charge in [0.1, 0.15) is 0 Å². The van der Waals surface area contributed by atoms with Crippen molar-refractivity contribution in [2.45, 2.75) is 6.10 Å². The van der Waals surface area contributed by atoms with E-state index in [1.54, 1.807) is 6.07 Å². The van der Waals surface area contributed by atoms with Gasteiger partial charge in [-0.05, 0) is 12.1 Å². The van der Waals surface area contributed by atoms with Crippen molar-refractivity contribution in [2.24, 2.45) is 5.73 Å². The van der Waals surface area contributed by atoms with Gasteiger partial charge < -0.3 is 15.7 Å². The zero-order valence-corrected chi connectivity index (χ0v) is 12.2. The fourth-order valence-electron chi connectivity index (χ4n) is 2.28. The summed E-state index contributed by atoms with van der Waals surface area (Å²) in [5.74, 6) is 0. The minimum absolute atomic E-state index is 0.306. The minimum Gasteiger partial charge on any atom is -0.390 e. The molecule has 1 atom stereocenters. The summed E-state index contributed by atoms with van der Waals surface area (Å²) in [6.45, 7) is 4.46. The standard InChI is InChI=1S/C13H19Cl2N3O/c14-11-2-1-3-12(13(11)15)18-6-4-17(5-7-18)9-10(19)8-16/h1-3,10,19H,4-9,16H2. The number of halogens is 2. The molecule has 3 N–H and O–H groups in total. The van der Waals surface area contributed by atoms with Gasteiger partial charge in [0.15, 0.2) is 0 Å². The maximum Gasteiger partial charge on any atom is 0.0825 e. The summed E-state index contributed by atoms with van der Waals surface area (Å²) in [5.41, 5.74) is 6.40. The van der Waals surface area contributed by atoms with E-state index in [4.69, 9.17) is 28.9 Å². The number of benzene rings is 1. The summed E-state index contributed by atoms with van der Waals surface area (Å²) < 4.78 is 0. The normalized spacial score (nSPS) is 18.6. The van der Waals surface area contributed by atoms with Gasteiger partial charge in [-0.1, -0.05) is 29.3 Å². The molecule has 0 saturated carbocycles. The minimum atomic E-state index is -0.443. The molecule has 1 aromatic rings. The van der Waals surface area contributed by atoms with Crippen molar-refractivity contribution >= 4 is 28.9 Å². The first-order valence-corrected chi connectivity index (χ1v) is 7.17. The smallest absolute Gasteiger partial charge is 0.0825 e. The van der Waals surface area contributed by atoms with Crippen molar-refractivity contribution in [2.75, 3.05) is 44.2 Å². The fraction of sp³-hybridized carbons (Fsp3) is 0.538. The van der Waals surface area contributed by atoms with Crippen LogP contribution >= 0.6 is 23.2 Å². The zero-order valence-electron chi connectivity index (χ0n) is 10.7. The number of anilines is 1. The second-order valence-corrected chi connectivity index (χ2v) is 5.54. The van der Waals surface area contributed by atoms with Crippen LogP contribution in [0.3, 0.4) is 0 Å². The monoisotopic (exact) mass is 303 g/mol. The van der Waals surface area contributed by atoms with Crippen molar-refractivity contribution in [3.8, 4) is 0 Å². The average molecular weight is 304 g/mol. The third-order valence-electron chi connectivity index (χ3n) is 3.39. The van der Waals surface area contributed by atoms with Gasteiger partial charge >= 0.3 is 0 Å². The first kappa shape index (κ1) is 14.9. The van der Waals surface area contributed by atoms with E-state index in [1.807, 2.05) is 12.1 Å². The lowest BCUT2D eigenvalue weighted by Crippen LogP contribution is -2.49. The lowest BCUT2D eigenvalue weighted by molar-refractivity contribution is 0.115. The Bertz CT molecular complexity index is 422. The van der Waals surface area contributed by atoms with E-state index < -0.39 is 6.10 Å². The van der Waals surface area contributed by atoms with E-state index in [1.165, 1.54) is 0 Å². The summed E-state index contributed by atoms with van der Waals surface area (Å²) >= 11 is 12.3. The van der Waals surface area contributed by atoms with Crippen LogP contribution < -0.4 is 10.6 Å². The van der Waals surface area contributed by atoms with Crippen LogP contribution in [0.5, 0.6) is 0 Å². The number of hydrogen-bond acceptors (Lipinski definition) is 4. The van der Waals surface area contributed by atoms with Crippen LogP contribution in [0.4, 0.5) is 5.69 Å². The molecule has 1 aliphatic rings. The Morgan fingerprint density at radius 3 is 2.53 bits per heavy atom. The number of β-amino-alcohol motifs (C(OH)–C–C–N with tert-alkyl or cyclic N) is 1. The molecular weight excluding hydrogens is 285 g/mol. The van der Waals surface area contributed by atoms with Gasteiger partial charge in [-0.25, -0.2) is 0 Å². The van der Waals surface area contributed by atoms with Gasteiger partial charge in [0.05, 0.1) is 21.8 Å². The summed E-state index contributed by atoms with van der Waals surface area (Å²) in [7, 11) is 0. The third kappa shape index (κ3) is 3.74. The highest BCUT2D eigenvalue weighted by Crippen LogP contribution is 2.32. The Morgan fingerprint density at radius 1 is 1.21 bits per heavy atom. The number of aliphatic hydroxyl groups is 1. The maximum atomic E-state index is 9.55. The Kier molecular flexibility index (Phi) is 5.30. The molecule has 1 aliphatic heterocycles. The van der Waals surface area contributed by atoms with E-state index in [2.05, 4.69) is 9.80 Å². The summed E-state index contributed by atoms with van der Waals surface area (Å²) in [5, 5.41) is 10.7. The number of nitrogens with zero attached hydrogens (tertiary/aromatic N) is 2. The molecule has 2 rings (SSSR count). The van der Waals surface area contributed by atoms with E-state index in [0.29, 0.717) is 23.1 Å².